The minimum atomic E-state index is -3.19. The maximum Gasteiger partial charge on any atom is 0.154 e. The van der Waals surface area contributed by atoms with Crippen LogP contribution in [0, 0.1) is 0 Å². The van der Waals surface area contributed by atoms with E-state index in [1.165, 1.54) is 0 Å². The van der Waals surface area contributed by atoms with Crippen LogP contribution < -0.4 is 0 Å². The van der Waals surface area contributed by atoms with E-state index in [-0.39, 0.29) is 24.5 Å². The molecule has 0 bridgehead atoms. The van der Waals surface area contributed by atoms with Crippen molar-refractivity contribution in [1.82, 2.24) is 0 Å². The topological polar surface area (TPSA) is 54.4 Å². The van der Waals surface area contributed by atoms with Crippen LogP contribution in [0.5, 0.6) is 0 Å². The second-order valence-electron chi connectivity index (χ2n) is 3.40. The van der Waals surface area contributed by atoms with Gasteiger partial charge in [-0.05, 0) is 24.1 Å². The molecule has 6 heteroatoms. The highest BCUT2D eigenvalue weighted by Crippen LogP contribution is 2.23. The van der Waals surface area contributed by atoms with E-state index in [4.69, 9.17) is 16.7 Å². The van der Waals surface area contributed by atoms with E-state index in [0.717, 1.165) is 4.47 Å². The van der Waals surface area contributed by atoms with Crippen molar-refractivity contribution in [3.63, 3.8) is 0 Å². The molecule has 0 fully saturated rings. The van der Waals surface area contributed by atoms with Crippen LogP contribution in [0.3, 0.4) is 0 Å². The Hall–Kier alpha value is -0.100. The largest absolute Gasteiger partial charge is 0.396 e. The Bertz CT molecular complexity index is 459. The van der Waals surface area contributed by atoms with E-state index < -0.39 is 9.84 Å². The van der Waals surface area contributed by atoms with Crippen molar-refractivity contribution in [3.8, 4) is 0 Å². The second kappa shape index (κ2) is 6.00. The van der Waals surface area contributed by atoms with Crippen LogP contribution in [-0.4, -0.2) is 25.9 Å². The van der Waals surface area contributed by atoms with E-state index in [1.54, 1.807) is 18.2 Å². The van der Waals surface area contributed by atoms with Crippen molar-refractivity contribution >= 4 is 37.4 Å². The van der Waals surface area contributed by atoms with E-state index in [0.29, 0.717) is 10.6 Å². The Labute approximate surface area is 108 Å². The van der Waals surface area contributed by atoms with Crippen LogP contribution in [-0.2, 0) is 15.6 Å². The highest BCUT2D eigenvalue weighted by Gasteiger charge is 2.13. The quantitative estimate of drug-likeness (QED) is 0.903. The predicted octanol–water partition coefficient (Wildman–Crippen LogP) is 2.40. The first-order valence-corrected chi connectivity index (χ1v) is 7.69. The van der Waals surface area contributed by atoms with Gasteiger partial charge in [0.15, 0.2) is 9.84 Å². The van der Waals surface area contributed by atoms with Crippen LogP contribution in [0.2, 0.25) is 5.02 Å². The van der Waals surface area contributed by atoms with Crippen LogP contribution in [0.1, 0.15) is 12.0 Å². The predicted molar refractivity (Wildman–Crippen MR) is 68.3 cm³/mol. The molecule has 0 heterocycles. The Morgan fingerprint density at radius 3 is 2.62 bits per heavy atom. The molecule has 0 saturated heterocycles. The second-order valence-corrected chi connectivity index (χ2v) is 6.91. The lowest BCUT2D eigenvalue weighted by atomic mass is 10.2. The lowest BCUT2D eigenvalue weighted by molar-refractivity contribution is 0.295. The zero-order chi connectivity index (χ0) is 12.2. The molecule has 0 aliphatic rings. The van der Waals surface area contributed by atoms with Gasteiger partial charge in [-0.2, -0.15) is 0 Å². The summed E-state index contributed by atoms with van der Waals surface area (Å²) in [4.78, 5) is 0. The third-order valence-corrected chi connectivity index (χ3v) is 4.51. The SMILES string of the molecule is O=S(=O)(CCCO)Cc1ccc(Br)cc1Cl. The van der Waals surface area contributed by atoms with Gasteiger partial charge in [0.1, 0.15) is 0 Å². The lowest BCUT2D eigenvalue weighted by Gasteiger charge is -2.06. The number of benzene rings is 1. The van der Waals surface area contributed by atoms with Crippen LogP contribution >= 0.6 is 27.5 Å². The van der Waals surface area contributed by atoms with E-state index in [9.17, 15) is 8.42 Å². The van der Waals surface area contributed by atoms with Crippen molar-refractivity contribution in [2.45, 2.75) is 12.2 Å². The van der Waals surface area contributed by atoms with Crippen LogP contribution in [0.4, 0.5) is 0 Å². The maximum atomic E-state index is 11.6. The number of halogens is 2. The van der Waals surface area contributed by atoms with Gasteiger partial charge in [0.25, 0.3) is 0 Å². The van der Waals surface area contributed by atoms with Crippen LogP contribution in [0.15, 0.2) is 22.7 Å². The van der Waals surface area contributed by atoms with Crippen molar-refractivity contribution in [2.75, 3.05) is 12.4 Å². The van der Waals surface area contributed by atoms with Crippen molar-refractivity contribution in [3.05, 3.63) is 33.3 Å². The molecule has 0 amide bonds. The van der Waals surface area contributed by atoms with Crippen LogP contribution in [0.25, 0.3) is 0 Å². The molecular formula is C10H12BrClO3S. The Kier molecular flexibility index (Phi) is 5.24. The summed E-state index contributed by atoms with van der Waals surface area (Å²) in [7, 11) is -3.19. The summed E-state index contributed by atoms with van der Waals surface area (Å²) in [5.74, 6) is -0.102. The highest BCUT2D eigenvalue weighted by molar-refractivity contribution is 9.10. The molecule has 90 valence electrons. The highest BCUT2D eigenvalue weighted by atomic mass is 79.9. The molecule has 1 aromatic carbocycles. The molecule has 1 N–H and O–H groups in total. The average Bonchev–Trinajstić information content (AvgIpc) is 2.19. The third kappa shape index (κ3) is 4.41. The fourth-order valence-electron chi connectivity index (χ4n) is 1.23. The van der Waals surface area contributed by atoms with Gasteiger partial charge in [-0.25, -0.2) is 8.42 Å². The number of hydrogen-bond donors (Lipinski definition) is 1. The van der Waals surface area contributed by atoms with Crippen molar-refractivity contribution < 1.29 is 13.5 Å². The molecule has 0 atom stereocenters. The molecule has 0 aliphatic heterocycles. The van der Waals surface area contributed by atoms with Gasteiger partial charge in [-0.1, -0.05) is 33.6 Å². The summed E-state index contributed by atoms with van der Waals surface area (Å²) < 4.78 is 24.0. The minimum Gasteiger partial charge on any atom is -0.396 e. The number of sulfone groups is 1. The van der Waals surface area contributed by atoms with Gasteiger partial charge < -0.3 is 5.11 Å². The molecule has 0 spiro atoms. The molecule has 0 saturated carbocycles. The molecular weight excluding hydrogens is 316 g/mol. The third-order valence-electron chi connectivity index (χ3n) is 2.00. The smallest absolute Gasteiger partial charge is 0.154 e. The molecule has 16 heavy (non-hydrogen) atoms. The van der Waals surface area contributed by atoms with E-state index >= 15 is 0 Å². The van der Waals surface area contributed by atoms with Crippen molar-refractivity contribution in [2.24, 2.45) is 0 Å². The fraction of sp³-hybridized carbons (Fsp3) is 0.400. The van der Waals surface area contributed by atoms with Crippen molar-refractivity contribution in [1.29, 1.82) is 0 Å². The number of aliphatic hydroxyl groups is 1. The monoisotopic (exact) mass is 326 g/mol. The fourth-order valence-corrected chi connectivity index (χ4v) is 3.49. The molecule has 0 aromatic heterocycles. The number of hydrogen-bond acceptors (Lipinski definition) is 3. The van der Waals surface area contributed by atoms with Gasteiger partial charge in [-0.15, -0.1) is 0 Å². The summed E-state index contributed by atoms with van der Waals surface area (Å²) in [6, 6.07) is 5.10. The van der Waals surface area contributed by atoms with E-state index in [2.05, 4.69) is 15.9 Å². The number of aliphatic hydroxyl groups excluding tert-OH is 1. The van der Waals surface area contributed by atoms with E-state index in [1.807, 2.05) is 0 Å². The molecule has 0 aliphatic carbocycles. The minimum absolute atomic E-state index is 0.0180. The summed E-state index contributed by atoms with van der Waals surface area (Å²) in [5.41, 5.74) is 0.586. The summed E-state index contributed by atoms with van der Waals surface area (Å²) in [6.45, 7) is -0.118. The first-order chi connectivity index (χ1) is 7.44. The van der Waals surface area contributed by atoms with Gasteiger partial charge in [-0.3, -0.25) is 0 Å². The summed E-state index contributed by atoms with van der Waals surface area (Å²) >= 11 is 9.18. The first kappa shape index (κ1) is 14.0. The van der Waals surface area contributed by atoms with Gasteiger partial charge in [0, 0.05) is 16.1 Å². The molecule has 1 aromatic rings. The standard InChI is InChI=1S/C10H12BrClO3S/c11-9-3-2-8(10(12)6-9)7-16(14,15)5-1-4-13/h2-3,6,13H,1,4-5,7H2. The summed E-state index contributed by atoms with van der Waals surface area (Å²) in [6.07, 6.45) is 0.260. The summed E-state index contributed by atoms with van der Waals surface area (Å²) in [5, 5.41) is 9.02. The van der Waals surface area contributed by atoms with Gasteiger partial charge in [0.2, 0.25) is 0 Å². The number of rotatable bonds is 5. The Morgan fingerprint density at radius 2 is 2.06 bits per heavy atom. The zero-order valence-corrected chi connectivity index (χ0v) is 11.6. The van der Waals surface area contributed by atoms with Gasteiger partial charge in [0.05, 0.1) is 11.5 Å². The zero-order valence-electron chi connectivity index (χ0n) is 8.49. The molecule has 0 unspecified atom stereocenters. The Morgan fingerprint density at radius 1 is 1.38 bits per heavy atom. The Balaban J connectivity index is 2.80. The first-order valence-electron chi connectivity index (χ1n) is 4.70. The average molecular weight is 328 g/mol. The normalized spacial score (nSPS) is 11.7. The molecule has 0 radical (unpaired) electrons. The van der Waals surface area contributed by atoms with Gasteiger partial charge >= 0.3 is 0 Å². The molecule has 3 nitrogen and oxygen atoms in total. The molecule has 1 rings (SSSR count). The maximum absolute atomic E-state index is 11.6. The lowest BCUT2D eigenvalue weighted by Crippen LogP contribution is -2.10.